The monoisotopic (exact) mass is 297 g/mol. The van der Waals surface area contributed by atoms with Crippen molar-refractivity contribution in [2.75, 3.05) is 11.9 Å². The standard InChI is InChI=1S/C15H24ClN3O/c1-5-17-14-9-12(8-13(16)19-14)15(20)18-11(4)7-6-10(2)3/h8-11H,5-7H2,1-4H3,(H,17,19)(H,18,20). The van der Waals surface area contributed by atoms with Gasteiger partial charge in [-0.3, -0.25) is 4.79 Å². The van der Waals surface area contributed by atoms with Crippen LogP contribution in [0.3, 0.4) is 0 Å². The summed E-state index contributed by atoms with van der Waals surface area (Å²) in [6, 6.07) is 3.46. The van der Waals surface area contributed by atoms with Crippen LogP contribution >= 0.6 is 11.6 Å². The number of halogens is 1. The first-order valence-corrected chi connectivity index (χ1v) is 7.52. The molecule has 0 saturated heterocycles. The summed E-state index contributed by atoms with van der Waals surface area (Å²) in [5.74, 6) is 1.16. The number of nitrogens with zero attached hydrogens (tertiary/aromatic N) is 1. The number of pyridine rings is 1. The minimum absolute atomic E-state index is 0.107. The minimum Gasteiger partial charge on any atom is -0.370 e. The van der Waals surface area contributed by atoms with Gasteiger partial charge in [-0.25, -0.2) is 4.98 Å². The van der Waals surface area contributed by atoms with Gasteiger partial charge in [-0.05, 0) is 44.7 Å². The Morgan fingerprint density at radius 1 is 1.30 bits per heavy atom. The van der Waals surface area contributed by atoms with Crippen molar-refractivity contribution in [1.29, 1.82) is 0 Å². The van der Waals surface area contributed by atoms with E-state index in [2.05, 4.69) is 29.5 Å². The summed E-state index contributed by atoms with van der Waals surface area (Å²) in [6.45, 7) is 9.09. The Hall–Kier alpha value is -1.29. The zero-order valence-electron chi connectivity index (χ0n) is 12.7. The Balaban J connectivity index is 2.67. The van der Waals surface area contributed by atoms with Gasteiger partial charge in [-0.15, -0.1) is 0 Å². The lowest BCUT2D eigenvalue weighted by Crippen LogP contribution is -2.32. The maximum Gasteiger partial charge on any atom is 0.251 e. The summed E-state index contributed by atoms with van der Waals surface area (Å²) in [6.07, 6.45) is 2.07. The number of hydrogen-bond donors (Lipinski definition) is 2. The van der Waals surface area contributed by atoms with Gasteiger partial charge in [0.1, 0.15) is 11.0 Å². The van der Waals surface area contributed by atoms with Crippen molar-refractivity contribution < 1.29 is 4.79 Å². The average molecular weight is 298 g/mol. The Kier molecular flexibility index (Phi) is 6.79. The fraction of sp³-hybridized carbons (Fsp3) is 0.600. The summed E-state index contributed by atoms with van der Waals surface area (Å²) in [5, 5.41) is 6.38. The highest BCUT2D eigenvalue weighted by Gasteiger charge is 2.12. The molecule has 0 aliphatic heterocycles. The number of carbonyl (C=O) groups is 1. The molecule has 0 aliphatic carbocycles. The second-order valence-corrected chi connectivity index (χ2v) is 5.83. The second kappa shape index (κ2) is 8.10. The topological polar surface area (TPSA) is 54.0 Å². The smallest absolute Gasteiger partial charge is 0.251 e. The van der Waals surface area contributed by atoms with E-state index in [0.29, 0.717) is 22.5 Å². The molecule has 0 aliphatic rings. The molecule has 1 heterocycles. The molecule has 4 nitrogen and oxygen atoms in total. The molecule has 0 aromatic carbocycles. The third-order valence-corrected chi connectivity index (χ3v) is 3.16. The van der Waals surface area contributed by atoms with Crippen LogP contribution in [0, 0.1) is 5.92 Å². The normalized spacial score (nSPS) is 12.3. The number of amides is 1. The molecule has 1 aromatic heterocycles. The van der Waals surface area contributed by atoms with Gasteiger partial charge in [0.2, 0.25) is 0 Å². The molecule has 0 spiro atoms. The number of carbonyl (C=O) groups excluding carboxylic acids is 1. The van der Waals surface area contributed by atoms with Crippen LogP contribution in [0.5, 0.6) is 0 Å². The maximum atomic E-state index is 12.2. The van der Waals surface area contributed by atoms with E-state index in [0.717, 1.165) is 19.4 Å². The zero-order chi connectivity index (χ0) is 15.1. The Bertz CT molecular complexity index is 449. The lowest BCUT2D eigenvalue weighted by Gasteiger charge is -2.15. The molecule has 1 rings (SSSR count). The Morgan fingerprint density at radius 2 is 2.00 bits per heavy atom. The first-order chi connectivity index (χ1) is 9.42. The van der Waals surface area contributed by atoms with E-state index in [1.807, 2.05) is 13.8 Å². The van der Waals surface area contributed by atoms with Crippen molar-refractivity contribution >= 4 is 23.3 Å². The summed E-state index contributed by atoms with van der Waals surface area (Å²) in [7, 11) is 0. The first-order valence-electron chi connectivity index (χ1n) is 7.14. The molecule has 5 heteroatoms. The van der Waals surface area contributed by atoms with Crippen molar-refractivity contribution in [2.24, 2.45) is 5.92 Å². The zero-order valence-corrected chi connectivity index (χ0v) is 13.4. The fourth-order valence-electron chi connectivity index (χ4n) is 1.86. The lowest BCUT2D eigenvalue weighted by atomic mass is 10.0. The van der Waals surface area contributed by atoms with Crippen LogP contribution in [0.4, 0.5) is 5.82 Å². The van der Waals surface area contributed by atoms with Gasteiger partial charge in [0.05, 0.1) is 0 Å². The minimum atomic E-state index is -0.107. The van der Waals surface area contributed by atoms with Crippen LogP contribution < -0.4 is 10.6 Å². The molecular weight excluding hydrogens is 274 g/mol. The van der Waals surface area contributed by atoms with E-state index in [9.17, 15) is 4.79 Å². The van der Waals surface area contributed by atoms with E-state index in [4.69, 9.17) is 11.6 Å². The summed E-state index contributed by atoms with van der Waals surface area (Å²) < 4.78 is 0. The van der Waals surface area contributed by atoms with Crippen molar-refractivity contribution in [1.82, 2.24) is 10.3 Å². The van der Waals surface area contributed by atoms with Crippen molar-refractivity contribution in [3.63, 3.8) is 0 Å². The van der Waals surface area contributed by atoms with Crippen LogP contribution in [-0.4, -0.2) is 23.5 Å². The van der Waals surface area contributed by atoms with Gasteiger partial charge in [0.15, 0.2) is 0 Å². The van der Waals surface area contributed by atoms with Crippen LogP contribution in [0.15, 0.2) is 12.1 Å². The number of rotatable bonds is 7. The highest BCUT2D eigenvalue weighted by Crippen LogP contribution is 2.15. The maximum absolute atomic E-state index is 12.2. The van der Waals surface area contributed by atoms with Gasteiger partial charge in [0, 0.05) is 18.2 Å². The third-order valence-electron chi connectivity index (χ3n) is 2.97. The number of anilines is 1. The SMILES string of the molecule is CCNc1cc(C(=O)NC(C)CCC(C)C)cc(Cl)n1. The first kappa shape index (κ1) is 16.8. The van der Waals surface area contributed by atoms with Gasteiger partial charge in [0.25, 0.3) is 5.91 Å². The van der Waals surface area contributed by atoms with E-state index in [1.165, 1.54) is 0 Å². The molecule has 0 fully saturated rings. The second-order valence-electron chi connectivity index (χ2n) is 5.44. The van der Waals surface area contributed by atoms with Crippen LogP contribution in [0.25, 0.3) is 0 Å². The van der Waals surface area contributed by atoms with Gasteiger partial charge < -0.3 is 10.6 Å². The summed E-state index contributed by atoms with van der Waals surface area (Å²) >= 11 is 5.94. The van der Waals surface area contributed by atoms with Crippen molar-refractivity contribution in [3.8, 4) is 0 Å². The fourth-order valence-corrected chi connectivity index (χ4v) is 2.07. The Labute approximate surface area is 126 Å². The van der Waals surface area contributed by atoms with E-state index in [-0.39, 0.29) is 11.9 Å². The number of aromatic nitrogens is 1. The third kappa shape index (κ3) is 5.78. The molecule has 0 radical (unpaired) electrons. The molecule has 1 aromatic rings. The molecule has 1 unspecified atom stereocenters. The van der Waals surface area contributed by atoms with Gasteiger partial charge in [-0.1, -0.05) is 25.4 Å². The highest BCUT2D eigenvalue weighted by molar-refractivity contribution is 6.29. The van der Waals surface area contributed by atoms with Gasteiger partial charge >= 0.3 is 0 Å². The average Bonchev–Trinajstić information content (AvgIpc) is 2.36. The number of nitrogens with one attached hydrogen (secondary N) is 2. The summed E-state index contributed by atoms with van der Waals surface area (Å²) in [5.41, 5.74) is 0.539. The van der Waals surface area contributed by atoms with Crippen molar-refractivity contribution in [3.05, 3.63) is 22.8 Å². The molecule has 20 heavy (non-hydrogen) atoms. The Morgan fingerprint density at radius 3 is 2.60 bits per heavy atom. The molecule has 112 valence electrons. The predicted molar refractivity (Wildman–Crippen MR) is 84.4 cm³/mol. The van der Waals surface area contributed by atoms with Crippen LogP contribution in [0.1, 0.15) is 50.9 Å². The molecule has 1 atom stereocenters. The molecule has 1 amide bonds. The molecular formula is C15H24ClN3O. The molecule has 0 saturated carbocycles. The highest BCUT2D eigenvalue weighted by atomic mass is 35.5. The lowest BCUT2D eigenvalue weighted by molar-refractivity contribution is 0.0937. The van der Waals surface area contributed by atoms with Crippen LogP contribution in [0.2, 0.25) is 5.15 Å². The number of hydrogen-bond acceptors (Lipinski definition) is 3. The van der Waals surface area contributed by atoms with E-state index >= 15 is 0 Å². The molecule has 0 bridgehead atoms. The quantitative estimate of drug-likeness (QED) is 0.754. The van der Waals surface area contributed by atoms with E-state index in [1.54, 1.807) is 12.1 Å². The largest absolute Gasteiger partial charge is 0.370 e. The molecule has 2 N–H and O–H groups in total. The van der Waals surface area contributed by atoms with Crippen molar-refractivity contribution in [2.45, 2.75) is 46.6 Å². The van der Waals surface area contributed by atoms with Gasteiger partial charge in [-0.2, -0.15) is 0 Å². The predicted octanol–water partition coefficient (Wildman–Crippen LogP) is 3.72. The summed E-state index contributed by atoms with van der Waals surface area (Å²) in [4.78, 5) is 16.3. The van der Waals surface area contributed by atoms with Crippen LogP contribution in [-0.2, 0) is 0 Å². The van der Waals surface area contributed by atoms with E-state index < -0.39 is 0 Å².